The Balaban J connectivity index is 1.95. The van der Waals surface area contributed by atoms with Crippen LogP contribution in [0.2, 0.25) is 0 Å². The maximum absolute atomic E-state index is 12.1. The average Bonchev–Trinajstić information content (AvgIpc) is 3.03. The van der Waals surface area contributed by atoms with Crippen molar-refractivity contribution in [2.24, 2.45) is 0 Å². The van der Waals surface area contributed by atoms with Crippen LogP contribution in [-0.2, 0) is 23.1 Å². The summed E-state index contributed by atoms with van der Waals surface area (Å²) in [7, 11) is -3.67. The summed E-state index contributed by atoms with van der Waals surface area (Å²) in [6.07, 6.45) is 4.66. The van der Waals surface area contributed by atoms with Crippen LogP contribution in [0.25, 0.3) is 0 Å². The van der Waals surface area contributed by atoms with Crippen LogP contribution < -0.4 is 4.72 Å². The van der Waals surface area contributed by atoms with Gasteiger partial charge in [-0.2, -0.15) is 5.10 Å². The van der Waals surface area contributed by atoms with Crippen molar-refractivity contribution >= 4 is 10.0 Å². The molecule has 0 saturated heterocycles. The molecule has 2 rings (SSSR count). The highest BCUT2D eigenvalue weighted by atomic mass is 32.2. The molecular formula is C11H17N5O3S. The molecule has 2 aromatic rings. The number of rotatable bonds is 7. The van der Waals surface area contributed by atoms with E-state index in [0.29, 0.717) is 25.1 Å². The predicted molar refractivity (Wildman–Crippen MR) is 71.3 cm³/mol. The molecule has 0 saturated carbocycles. The standard InChI is InChI=1S/C11H17N5O3S/c1-8-11(9(7-17)16-15-8)20(18,19)14-4-2-3-10-12-5-6-13-10/h5-6,14,17H,2-4,7H2,1H3,(H,12,13)(H,15,16). The summed E-state index contributed by atoms with van der Waals surface area (Å²) in [4.78, 5) is 7.04. The molecule has 20 heavy (non-hydrogen) atoms. The van der Waals surface area contributed by atoms with Crippen LogP contribution in [0.15, 0.2) is 17.3 Å². The van der Waals surface area contributed by atoms with Gasteiger partial charge in [0.1, 0.15) is 16.4 Å². The van der Waals surface area contributed by atoms with Gasteiger partial charge in [0.15, 0.2) is 0 Å². The van der Waals surface area contributed by atoms with Crippen molar-refractivity contribution in [1.29, 1.82) is 0 Å². The van der Waals surface area contributed by atoms with Gasteiger partial charge in [-0.1, -0.05) is 0 Å². The van der Waals surface area contributed by atoms with Crippen molar-refractivity contribution in [1.82, 2.24) is 24.9 Å². The Morgan fingerprint density at radius 1 is 1.45 bits per heavy atom. The highest BCUT2D eigenvalue weighted by molar-refractivity contribution is 7.89. The van der Waals surface area contributed by atoms with Gasteiger partial charge in [0.05, 0.1) is 12.3 Å². The number of imidazole rings is 1. The normalized spacial score (nSPS) is 11.9. The third-order valence-corrected chi connectivity index (χ3v) is 4.48. The van der Waals surface area contributed by atoms with Gasteiger partial charge < -0.3 is 10.1 Å². The topological polar surface area (TPSA) is 124 Å². The monoisotopic (exact) mass is 299 g/mol. The molecule has 0 fully saturated rings. The van der Waals surface area contributed by atoms with E-state index in [1.54, 1.807) is 19.3 Å². The first-order valence-corrected chi connectivity index (χ1v) is 7.65. The summed E-state index contributed by atoms with van der Waals surface area (Å²) < 4.78 is 26.8. The van der Waals surface area contributed by atoms with E-state index in [2.05, 4.69) is 24.9 Å². The van der Waals surface area contributed by atoms with Crippen LogP contribution in [0.4, 0.5) is 0 Å². The molecule has 8 nitrogen and oxygen atoms in total. The Hall–Kier alpha value is -1.71. The summed E-state index contributed by atoms with van der Waals surface area (Å²) in [6, 6.07) is 0. The molecular weight excluding hydrogens is 282 g/mol. The van der Waals surface area contributed by atoms with Crippen LogP contribution in [0.3, 0.4) is 0 Å². The number of H-pyrrole nitrogens is 2. The van der Waals surface area contributed by atoms with Crippen molar-refractivity contribution < 1.29 is 13.5 Å². The van der Waals surface area contributed by atoms with Crippen molar-refractivity contribution in [2.45, 2.75) is 31.3 Å². The lowest BCUT2D eigenvalue weighted by Gasteiger charge is -2.06. The minimum atomic E-state index is -3.67. The van der Waals surface area contributed by atoms with Gasteiger partial charge in [0, 0.05) is 25.4 Å². The Morgan fingerprint density at radius 3 is 2.90 bits per heavy atom. The second-order valence-electron chi connectivity index (χ2n) is 4.32. The molecule has 0 radical (unpaired) electrons. The van der Waals surface area contributed by atoms with Crippen LogP contribution >= 0.6 is 0 Å². The van der Waals surface area contributed by atoms with Crippen molar-refractivity contribution in [3.8, 4) is 0 Å². The lowest BCUT2D eigenvalue weighted by Crippen LogP contribution is -2.26. The zero-order valence-corrected chi connectivity index (χ0v) is 11.9. The summed E-state index contributed by atoms with van der Waals surface area (Å²) in [5, 5.41) is 15.4. The third kappa shape index (κ3) is 3.24. The second-order valence-corrected chi connectivity index (χ2v) is 6.02. The molecule has 0 aromatic carbocycles. The molecule has 110 valence electrons. The number of nitrogens with one attached hydrogen (secondary N) is 3. The fourth-order valence-electron chi connectivity index (χ4n) is 1.90. The number of hydrogen-bond donors (Lipinski definition) is 4. The molecule has 0 unspecified atom stereocenters. The summed E-state index contributed by atoms with van der Waals surface area (Å²) in [5.74, 6) is 0.819. The fourth-order valence-corrected chi connectivity index (χ4v) is 3.33. The van der Waals surface area contributed by atoms with Gasteiger partial charge in [0.2, 0.25) is 10.0 Å². The Labute approximate surface area is 116 Å². The number of hydrogen-bond acceptors (Lipinski definition) is 5. The van der Waals surface area contributed by atoms with E-state index in [-0.39, 0.29) is 10.6 Å². The minimum absolute atomic E-state index is 0.0259. The van der Waals surface area contributed by atoms with E-state index in [9.17, 15) is 8.42 Å². The number of aromatic amines is 2. The first-order chi connectivity index (χ1) is 9.54. The average molecular weight is 299 g/mol. The molecule has 4 N–H and O–H groups in total. The number of nitrogens with zero attached hydrogens (tertiary/aromatic N) is 2. The SMILES string of the molecule is Cc1[nH]nc(CO)c1S(=O)(=O)NCCCc1ncc[nH]1. The first-order valence-electron chi connectivity index (χ1n) is 6.17. The van der Waals surface area contributed by atoms with E-state index in [1.807, 2.05) is 0 Å². The highest BCUT2D eigenvalue weighted by Gasteiger charge is 2.23. The molecule has 0 aliphatic heterocycles. The lowest BCUT2D eigenvalue weighted by molar-refractivity contribution is 0.273. The number of aromatic nitrogens is 4. The quantitative estimate of drug-likeness (QED) is 0.529. The molecule has 9 heteroatoms. The van der Waals surface area contributed by atoms with E-state index >= 15 is 0 Å². The van der Waals surface area contributed by atoms with Gasteiger partial charge in [0.25, 0.3) is 0 Å². The molecule has 0 atom stereocenters. The lowest BCUT2D eigenvalue weighted by atomic mass is 10.3. The van der Waals surface area contributed by atoms with Gasteiger partial charge in [-0.3, -0.25) is 5.10 Å². The Morgan fingerprint density at radius 2 is 2.25 bits per heavy atom. The number of aliphatic hydroxyl groups is 1. The molecule has 0 amide bonds. The zero-order valence-electron chi connectivity index (χ0n) is 11.0. The van der Waals surface area contributed by atoms with Crippen molar-refractivity contribution in [3.63, 3.8) is 0 Å². The second kappa shape index (κ2) is 6.16. The largest absolute Gasteiger partial charge is 0.390 e. The van der Waals surface area contributed by atoms with Crippen LogP contribution in [0.1, 0.15) is 23.6 Å². The first kappa shape index (κ1) is 14.7. The van der Waals surface area contributed by atoms with E-state index in [4.69, 9.17) is 5.11 Å². The van der Waals surface area contributed by atoms with Gasteiger partial charge in [-0.25, -0.2) is 18.1 Å². The molecule has 0 aliphatic carbocycles. The zero-order chi connectivity index (χ0) is 14.6. The summed E-state index contributed by atoms with van der Waals surface area (Å²) in [6.45, 7) is 1.47. The fraction of sp³-hybridized carbons (Fsp3) is 0.455. The van der Waals surface area contributed by atoms with Crippen LogP contribution in [0.5, 0.6) is 0 Å². The smallest absolute Gasteiger partial charge is 0.244 e. The molecule has 0 bridgehead atoms. The van der Waals surface area contributed by atoms with Crippen molar-refractivity contribution in [3.05, 3.63) is 29.6 Å². The van der Waals surface area contributed by atoms with E-state index in [0.717, 1.165) is 5.82 Å². The Bertz CT molecular complexity index is 648. The molecule has 0 aliphatic rings. The summed E-state index contributed by atoms with van der Waals surface area (Å²) >= 11 is 0. The minimum Gasteiger partial charge on any atom is -0.390 e. The molecule has 0 spiro atoms. The van der Waals surface area contributed by atoms with Gasteiger partial charge in [-0.05, 0) is 13.3 Å². The summed E-state index contributed by atoms with van der Waals surface area (Å²) in [5.41, 5.74) is 0.536. The van der Waals surface area contributed by atoms with Crippen molar-refractivity contribution in [2.75, 3.05) is 6.54 Å². The molecule has 2 heterocycles. The van der Waals surface area contributed by atoms with E-state index in [1.165, 1.54) is 0 Å². The third-order valence-electron chi connectivity index (χ3n) is 2.82. The van der Waals surface area contributed by atoms with Crippen LogP contribution in [-0.4, -0.2) is 40.2 Å². The van der Waals surface area contributed by atoms with Gasteiger partial charge in [-0.15, -0.1) is 0 Å². The highest BCUT2D eigenvalue weighted by Crippen LogP contribution is 2.17. The van der Waals surface area contributed by atoms with Crippen LogP contribution in [0, 0.1) is 6.92 Å². The number of aliphatic hydroxyl groups excluding tert-OH is 1. The number of sulfonamides is 1. The number of aryl methyl sites for hydroxylation is 2. The maximum atomic E-state index is 12.1. The maximum Gasteiger partial charge on any atom is 0.244 e. The van der Waals surface area contributed by atoms with Gasteiger partial charge >= 0.3 is 0 Å². The van der Waals surface area contributed by atoms with E-state index < -0.39 is 16.6 Å². The Kier molecular flexibility index (Phi) is 4.53. The molecule has 2 aromatic heterocycles. The predicted octanol–water partition coefficient (Wildman–Crippen LogP) is -0.155.